The summed E-state index contributed by atoms with van der Waals surface area (Å²) in [5.41, 5.74) is 1.97. The zero-order valence-electron chi connectivity index (χ0n) is 12.5. The van der Waals surface area contributed by atoms with Crippen LogP contribution in [0.4, 0.5) is 5.69 Å². The van der Waals surface area contributed by atoms with E-state index in [9.17, 15) is 8.42 Å². The molecule has 4 nitrogen and oxygen atoms in total. The molecular formula is C14H23ClN2O2S. The molecule has 0 atom stereocenters. The molecule has 20 heavy (non-hydrogen) atoms. The van der Waals surface area contributed by atoms with E-state index in [1.54, 1.807) is 0 Å². The topological polar surface area (TPSA) is 49.4 Å². The summed E-state index contributed by atoms with van der Waals surface area (Å²) in [5, 5.41) is 4.04. The van der Waals surface area contributed by atoms with Crippen molar-refractivity contribution < 1.29 is 8.42 Å². The molecule has 0 unspecified atom stereocenters. The molecule has 0 aliphatic carbocycles. The first-order chi connectivity index (χ1) is 9.20. The molecule has 0 aliphatic rings. The fourth-order valence-corrected chi connectivity index (χ4v) is 2.65. The third-order valence-electron chi connectivity index (χ3n) is 2.99. The molecule has 1 N–H and O–H groups in total. The Labute approximate surface area is 127 Å². The molecule has 6 heteroatoms. The quantitative estimate of drug-likeness (QED) is 0.838. The zero-order chi connectivity index (χ0) is 15.3. The van der Waals surface area contributed by atoms with E-state index in [1.807, 2.05) is 30.1 Å². The highest BCUT2D eigenvalue weighted by molar-refractivity contribution is 7.90. The number of anilines is 1. The van der Waals surface area contributed by atoms with Gasteiger partial charge in [-0.25, -0.2) is 8.42 Å². The Morgan fingerprint density at radius 3 is 2.55 bits per heavy atom. The van der Waals surface area contributed by atoms with E-state index in [4.69, 9.17) is 11.6 Å². The lowest BCUT2D eigenvalue weighted by Gasteiger charge is -2.23. The van der Waals surface area contributed by atoms with E-state index in [1.165, 1.54) is 6.26 Å². The standard InChI is InChI=1S/C14H23ClN2O2S/c1-11(2)16-10-12-13(15)6-5-7-14(12)17(3)8-9-20(4,18)19/h5-7,11,16H,8-10H2,1-4H3. The first-order valence-corrected chi connectivity index (χ1v) is 9.04. The van der Waals surface area contributed by atoms with E-state index in [0.717, 1.165) is 11.3 Å². The summed E-state index contributed by atoms with van der Waals surface area (Å²) >= 11 is 6.26. The van der Waals surface area contributed by atoms with Gasteiger partial charge in [0.1, 0.15) is 9.84 Å². The molecule has 1 aromatic carbocycles. The maximum atomic E-state index is 11.3. The molecule has 0 aromatic heterocycles. The number of hydrogen-bond donors (Lipinski definition) is 1. The molecule has 0 spiro atoms. The second kappa shape index (κ2) is 7.29. The summed E-state index contributed by atoms with van der Waals surface area (Å²) in [4.78, 5) is 1.93. The molecule has 0 bridgehead atoms. The summed E-state index contributed by atoms with van der Waals surface area (Å²) in [6.07, 6.45) is 1.25. The van der Waals surface area contributed by atoms with Crippen LogP contribution >= 0.6 is 11.6 Å². The molecule has 0 saturated heterocycles. The van der Waals surface area contributed by atoms with Gasteiger partial charge in [-0.3, -0.25) is 0 Å². The Morgan fingerprint density at radius 2 is 2.00 bits per heavy atom. The van der Waals surface area contributed by atoms with Crippen LogP contribution in [0.25, 0.3) is 0 Å². The van der Waals surface area contributed by atoms with Crippen LogP contribution < -0.4 is 10.2 Å². The fourth-order valence-electron chi connectivity index (χ4n) is 1.81. The van der Waals surface area contributed by atoms with Crippen molar-refractivity contribution in [2.45, 2.75) is 26.4 Å². The maximum Gasteiger partial charge on any atom is 0.149 e. The van der Waals surface area contributed by atoms with Crippen molar-refractivity contribution in [2.24, 2.45) is 0 Å². The van der Waals surface area contributed by atoms with Crippen LogP contribution in [0.5, 0.6) is 0 Å². The lowest BCUT2D eigenvalue weighted by molar-refractivity contribution is 0.588. The van der Waals surface area contributed by atoms with E-state index in [-0.39, 0.29) is 5.75 Å². The largest absolute Gasteiger partial charge is 0.373 e. The number of nitrogens with zero attached hydrogens (tertiary/aromatic N) is 1. The van der Waals surface area contributed by atoms with Crippen molar-refractivity contribution in [2.75, 3.05) is 30.5 Å². The minimum Gasteiger partial charge on any atom is -0.373 e. The molecule has 1 aromatic rings. The van der Waals surface area contributed by atoms with Crippen molar-refractivity contribution in [1.82, 2.24) is 5.32 Å². The van der Waals surface area contributed by atoms with Crippen LogP contribution in [0.3, 0.4) is 0 Å². The Bertz CT molecular complexity index is 544. The number of benzene rings is 1. The molecule has 0 radical (unpaired) electrons. The van der Waals surface area contributed by atoms with Crippen molar-refractivity contribution in [3.05, 3.63) is 28.8 Å². The van der Waals surface area contributed by atoms with Gasteiger partial charge in [0.25, 0.3) is 0 Å². The summed E-state index contributed by atoms with van der Waals surface area (Å²) < 4.78 is 22.5. The van der Waals surface area contributed by atoms with Crippen LogP contribution in [-0.2, 0) is 16.4 Å². The van der Waals surface area contributed by atoms with Crippen LogP contribution in [0, 0.1) is 0 Å². The molecule has 0 fully saturated rings. The van der Waals surface area contributed by atoms with Crippen LogP contribution in [0.15, 0.2) is 18.2 Å². The second-order valence-corrected chi connectivity index (χ2v) is 7.99. The van der Waals surface area contributed by atoms with Gasteiger partial charge < -0.3 is 10.2 Å². The average molecular weight is 319 g/mol. The maximum absolute atomic E-state index is 11.3. The lowest BCUT2D eigenvalue weighted by atomic mass is 10.1. The first kappa shape index (κ1) is 17.3. The van der Waals surface area contributed by atoms with Gasteiger partial charge in [0.15, 0.2) is 0 Å². The molecular weight excluding hydrogens is 296 g/mol. The number of nitrogens with one attached hydrogen (secondary N) is 1. The van der Waals surface area contributed by atoms with Crippen molar-refractivity contribution in [1.29, 1.82) is 0 Å². The van der Waals surface area contributed by atoms with Gasteiger partial charge in [-0.15, -0.1) is 0 Å². The summed E-state index contributed by atoms with van der Waals surface area (Å²) in [5.74, 6) is 0.132. The Balaban J connectivity index is 2.90. The highest BCUT2D eigenvalue weighted by Crippen LogP contribution is 2.27. The van der Waals surface area contributed by atoms with Gasteiger partial charge in [0, 0.05) is 48.7 Å². The van der Waals surface area contributed by atoms with Gasteiger partial charge in [-0.05, 0) is 12.1 Å². The number of hydrogen-bond acceptors (Lipinski definition) is 4. The number of halogens is 1. The van der Waals surface area contributed by atoms with Crippen LogP contribution in [0.2, 0.25) is 5.02 Å². The predicted molar refractivity (Wildman–Crippen MR) is 86.4 cm³/mol. The smallest absolute Gasteiger partial charge is 0.149 e. The first-order valence-electron chi connectivity index (χ1n) is 6.60. The Kier molecular flexibility index (Phi) is 6.30. The van der Waals surface area contributed by atoms with Gasteiger partial charge in [0.2, 0.25) is 0 Å². The van der Waals surface area contributed by atoms with E-state index < -0.39 is 9.84 Å². The summed E-state index contributed by atoms with van der Waals surface area (Å²) in [6, 6.07) is 6.06. The van der Waals surface area contributed by atoms with Crippen molar-refractivity contribution in [3.63, 3.8) is 0 Å². The minimum absolute atomic E-state index is 0.132. The molecule has 0 saturated carbocycles. The third-order valence-corrected chi connectivity index (χ3v) is 4.27. The predicted octanol–water partition coefficient (Wildman–Crippen LogP) is 2.32. The second-order valence-electron chi connectivity index (χ2n) is 5.32. The summed E-state index contributed by atoms with van der Waals surface area (Å²) in [7, 11) is -1.08. The highest BCUT2D eigenvalue weighted by Gasteiger charge is 2.13. The van der Waals surface area contributed by atoms with Gasteiger partial charge >= 0.3 is 0 Å². The van der Waals surface area contributed by atoms with Crippen LogP contribution in [-0.4, -0.2) is 40.1 Å². The molecule has 0 aliphatic heterocycles. The number of sulfone groups is 1. The molecule has 114 valence electrons. The minimum atomic E-state index is -2.97. The Morgan fingerprint density at radius 1 is 1.35 bits per heavy atom. The monoisotopic (exact) mass is 318 g/mol. The lowest BCUT2D eigenvalue weighted by Crippen LogP contribution is -2.28. The van der Waals surface area contributed by atoms with Gasteiger partial charge in [0.05, 0.1) is 5.75 Å². The third kappa shape index (κ3) is 5.69. The molecule has 1 rings (SSSR count). The van der Waals surface area contributed by atoms with Gasteiger partial charge in [-0.2, -0.15) is 0 Å². The molecule has 0 amide bonds. The van der Waals surface area contributed by atoms with Crippen molar-refractivity contribution in [3.8, 4) is 0 Å². The van der Waals surface area contributed by atoms with E-state index in [2.05, 4.69) is 19.2 Å². The zero-order valence-corrected chi connectivity index (χ0v) is 14.1. The van der Waals surface area contributed by atoms with Crippen molar-refractivity contribution >= 4 is 27.1 Å². The average Bonchev–Trinajstić information content (AvgIpc) is 2.33. The highest BCUT2D eigenvalue weighted by atomic mass is 35.5. The van der Waals surface area contributed by atoms with Crippen LogP contribution in [0.1, 0.15) is 19.4 Å². The van der Waals surface area contributed by atoms with E-state index >= 15 is 0 Å². The Hall–Kier alpha value is -0.780. The fraction of sp³-hybridized carbons (Fsp3) is 0.571. The normalized spacial score (nSPS) is 11.9. The molecule has 0 heterocycles. The summed E-state index contributed by atoms with van der Waals surface area (Å²) in [6.45, 7) is 5.26. The van der Waals surface area contributed by atoms with Gasteiger partial charge in [-0.1, -0.05) is 31.5 Å². The number of rotatable bonds is 7. The SMILES string of the molecule is CC(C)NCc1c(Cl)cccc1N(C)CCS(C)(=O)=O. The van der Waals surface area contributed by atoms with E-state index in [0.29, 0.717) is 24.2 Å².